The molecule has 0 aliphatic carbocycles. The van der Waals surface area contributed by atoms with Crippen LogP contribution in [0.15, 0.2) is 36.5 Å². The third-order valence-electron chi connectivity index (χ3n) is 3.04. The van der Waals surface area contributed by atoms with Crippen LogP contribution in [-0.2, 0) is 6.18 Å². The summed E-state index contributed by atoms with van der Waals surface area (Å²) in [6.45, 7) is 0.0711. The molecule has 0 aromatic carbocycles. The van der Waals surface area contributed by atoms with Gasteiger partial charge in [-0.1, -0.05) is 40.9 Å². The zero-order chi connectivity index (χ0) is 20.0. The Morgan fingerprint density at radius 2 is 1.89 bits per heavy atom. The van der Waals surface area contributed by atoms with E-state index < -0.39 is 17.6 Å². The number of hydrogen-bond donors (Lipinski definition) is 1. The number of alkyl halides is 3. The number of carbonyl (C=O) groups excluding carboxylic acids is 1. The van der Waals surface area contributed by atoms with Gasteiger partial charge in [-0.25, -0.2) is 9.97 Å². The molecule has 0 aliphatic rings. The van der Waals surface area contributed by atoms with E-state index in [-0.39, 0.29) is 39.9 Å². The number of rotatable bonds is 6. The first-order valence-corrected chi connectivity index (χ1v) is 8.42. The third kappa shape index (κ3) is 6.57. The van der Waals surface area contributed by atoms with Crippen molar-refractivity contribution in [1.29, 1.82) is 0 Å². The van der Waals surface area contributed by atoms with Gasteiger partial charge in [0.2, 0.25) is 5.88 Å². The fourth-order valence-electron chi connectivity index (χ4n) is 1.82. The lowest BCUT2D eigenvalue weighted by molar-refractivity contribution is -0.137. The van der Waals surface area contributed by atoms with Gasteiger partial charge in [0.1, 0.15) is 16.9 Å². The van der Waals surface area contributed by atoms with Crippen molar-refractivity contribution in [1.82, 2.24) is 15.3 Å². The SMILES string of the molecule is O=C(NC/C=C\COc1cc(C(F)(F)F)cc(Cl)n1)c1cnc(Cl)cc1Cl. The van der Waals surface area contributed by atoms with Gasteiger partial charge in [0.25, 0.3) is 5.91 Å². The maximum absolute atomic E-state index is 12.7. The van der Waals surface area contributed by atoms with Crippen molar-refractivity contribution in [2.75, 3.05) is 13.2 Å². The number of carbonyl (C=O) groups is 1. The van der Waals surface area contributed by atoms with Gasteiger partial charge in [0.05, 0.1) is 16.1 Å². The summed E-state index contributed by atoms with van der Waals surface area (Å²) >= 11 is 17.1. The second-order valence-electron chi connectivity index (χ2n) is 4.99. The molecule has 2 rings (SSSR count). The molecule has 0 saturated heterocycles. The lowest BCUT2D eigenvalue weighted by atomic mass is 10.2. The number of amides is 1. The molecule has 0 spiro atoms. The van der Waals surface area contributed by atoms with Gasteiger partial charge >= 0.3 is 6.18 Å². The Labute approximate surface area is 167 Å². The van der Waals surface area contributed by atoms with Crippen molar-refractivity contribution >= 4 is 40.7 Å². The molecule has 1 N–H and O–H groups in total. The van der Waals surface area contributed by atoms with Crippen LogP contribution >= 0.6 is 34.8 Å². The molecule has 1 amide bonds. The largest absolute Gasteiger partial charge is 0.473 e. The highest BCUT2D eigenvalue weighted by Crippen LogP contribution is 2.32. The molecule has 2 heterocycles. The van der Waals surface area contributed by atoms with Crippen molar-refractivity contribution < 1.29 is 22.7 Å². The van der Waals surface area contributed by atoms with Crippen LogP contribution in [-0.4, -0.2) is 29.0 Å². The molecular weight excluding hydrogens is 430 g/mol. The topological polar surface area (TPSA) is 64.1 Å². The fraction of sp³-hybridized carbons (Fsp3) is 0.188. The summed E-state index contributed by atoms with van der Waals surface area (Å²) in [5.74, 6) is -0.719. The zero-order valence-corrected chi connectivity index (χ0v) is 15.6. The van der Waals surface area contributed by atoms with Crippen molar-refractivity contribution in [3.63, 3.8) is 0 Å². The zero-order valence-electron chi connectivity index (χ0n) is 13.4. The normalized spacial score (nSPS) is 11.6. The first kappa shape index (κ1) is 21.3. The molecule has 27 heavy (non-hydrogen) atoms. The molecule has 0 unspecified atom stereocenters. The minimum absolute atomic E-state index is 0.0657. The average Bonchev–Trinajstić information content (AvgIpc) is 2.56. The number of aromatic nitrogens is 2. The van der Waals surface area contributed by atoms with E-state index in [1.807, 2.05) is 0 Å². The maximum atomic E-state index is 12.7. The van der Waals surface area contributed by atoms with Crippen LogP contribution in [0.25, 0.3) is 0 Å². The summed E-state index contributed by atoms with van der Waals surface area (Å²) < 4.78 is 43.2. The maximum Gasteiger partial charge on any atom is 0.416 e. The van der Waals surface area contributed by atoms with Crippen molar-refractivity contribution in [2.24, 2.45) is 0 Å². The van der Waals surface area contributed by atoms with Crippen LogP contribution < -0.4 is 10.1 Å². The fourth-order valence-corrected chi connectivity index (χ4v) is 2.47. The van der Waals surface area contributed by atoms with Gasteiger partial charge in [-0.3, -0.25) is 4.79 Å². The number of ether oxygens (including phenoxy) is 1. The lowest BCUT2D eigenvalue weighted by Crippen LogP contribution is -2.23. The monoisotopic (exact) mass is 439 g/mol. The van der Waals surface area contributed by atoms with E-state index in [1.54, 1.807) is 6.08 Å². The Hall–Kier alpha value is -2.03. The summed E-state index contributed by atoms with van der Waals surface area (Å²) in [7, 11) is 0. The highest BCUT2D eigenvalue weighted by Gasteiger charge is 2.31. The van der Waals surface area contributed by atoms with Gasteiger partial charge < -0.3 is 10.1 Å². The van der Waals surface area contributed by atoms with E-state index in [0.717, 1.165) is 6.07 Å². The Balaban J connectivity index is 1.83. The Morgan fingerprint density at radius 3 is 2.56 bits per heavy atom. The Kier molecular flexibility index (Phi) is 7.29. The molecule has 0 bridgehead atoms. The van der Waals surface area contributed by atoms with Gasteiger partial charge in [0, 0.05) is 18.8 Å². The van der Waals surface area contributed by atoms with Crippen LogP contribution in [0.4, 0.5) is 13.2 Å². The summed E-state index contributed by atoms with van der Waals surface area (Å²) in [6.07, 6.45) is -0.263. The second kappa shape index (κ2) is 9.25. The van der Waals surface area contributed by atoms with E-state index in [9.17, 15) is 18.0 Å². The molecule has 5 nitrogen and oxygen atoms in total. The van der Waals surface area contributed by atoms with Crippen LogP contribution in [0.3, 0.4) is 0 Å². The summed E-state index contributed by atoms with van der Waals surface area (Å²) in [5.41, 5.74) is -0.796. The van der Waals surface area contributed by atoms with Crippen LogP contribution in [0.2, 0.25) is 15.3 Å². The number of halogens is 6. The van der Waals surface area contributed by atoms with E-state index >= 15 is 0 Å². The molecule has 0 aliphatic heterocycles. The molecular formula is C16H11Cl3F3N3O2. The lowest BCUT2D eigenvalue weighted by Gasteiger charge is -2.09. The molecule has 2 aromatic heterocycles. The first-order chi connectivity index (χ1) is 12.7. The third-order valence-corrected chi connectivity index (χ3v) is 3.75. The van der Waals surface area contributed by atoms with Gasteiger partial charge in [-0.2, -0.15) is 13.2 Å². The number of nitrogens with zero attached hydrogens (tertiary/aromatic N) is 2. The number of pyridine rings is 2. The molecule has 11 heteroatoms. The van der Waals surface area contributed by atoms with Gasteiger partial charge in [0.15, 0.2) is 0 Å². The highest BCUT2D eigenvalue weighted by molar-refractivity contribution is 6.36. The van der Waals surface area contributed by atoms with Crippen LogP contribution in [0, 0.1) is 0 Å². The Bertz CT molecular complexity index is 861. The summed E-state index contributed by atoms with van der Waals surface area (Å²) in [4.78, 5) is 19.3. The molecule has 0 atom stereocenters. The molecule has 0 radical (unpaired) electrons. The average molecular weight is 441 g/mol. The molecule has 144 valence electrons. The van der Waals surface area contributed by atoms with Gasteiger partial charge in [-0.15, -0.1) is 0 Å². The summed E-state index contributed by atoms with van der Waals surface area (Å²) in [5, 5.41) is 2.56. The van der Waals surface area contributed by atoms with Crippen LogP contribution in [0.5, 0.6) is 5.88 Å². The number of nitrogens with one attached hydrogen (secondary N) is 1. The smallest absolute Gasteiger partial charge is 0.416 e. The minimum atomic E-state index is -4.55. The van der Waals surface area contributed by atoms with E-state index in [0.29, 0.717) is 6.07 Å². The van der Waals surface area contributed by atoms with Crippen molar-refractivity contribution in [3.05, 3.63) is 63.0 Å². The molecule has 0 saturated carbocycles. The predicted molar refractivity (Wildman–Crippen MR) is 95.5 cm³/mol. The van der Waals surface area contributed by atoms with Crippen molar-refractivity contribution in [3.8, 4) is 5.88 Å². The number of hydrogen-bond acceptors (Lipinski definition) is 4. The first-order valence-electron chi connectivity index (χ1n) is 7.28. The highest BCUT2D eigenvalue weighted by atomic mass is 35.5. The van der Waals surface area contributed by atoms with E-state index in [2.05, 4.69) is 15.3 Å². The predicted octanol–water partition coefficient (Wildman–Crippen LogP) is 4.82. The van der Waals surface area contributed by atoms with E-state index in [1.165, 1.54) is 18.3 Å². The Morgan fingerprint density at radius 1 is 1.15 bits per heavy atom. The minimum Gasteiger partial charge on any atom is -0.473 e. The van der Waals surface area contributed by atoms with Gasteiger partial charge in [-0.05, 0) is 18.2 Å². The van der Waals surface area contributed by atoms with Crippen molar-refractivity contribution in [2.45, 2.75) is 6.18 Å². The molecule has 0 fully saturated rings. The van der Waals surface area contributed by atoms with E-state index in [4.69, 9.17) is 39.5 Å². The second-order valence-corrected chi connectivity index (χ2v) is 6.18. The quantitative estimate of drug-likeness (QED) is 0.517. The molecule has 2 aromatic rings. The van der Waals surface area contributed by atoms with Crippen LogP contribution in [0.1, 0.15) is 15.9 Å². The standard InChI is InChI=1S/C16H11Cl3F3N3O2/c17-11-7-12(18)24-8-10(11)15(26)23-3-1-2-4-27-14-6-9(16(20,21)22)5-13(19)25-14/h1-2,5-8H,3-4H2,(H,23,26)/b2-1-. The summed E-state index contributed by atoms with van der Waals surface area (Å²) in [6, 6.07) is 2.79.